The van der Waals surface area contributed by atoms with Crippen LogP contribution in [-0.2, 0) is 6.54 Å². The van der Waals surface area contributed by atoms with Crippen LogP contribution >= 0.6 is 15.9 Å². The van der Waals surface area contributed by atoms with Crippen LogP contribution in [0.2, 0.25) is 0 Å². The zero-order chi connectivity index (χ0) is 14.5. The third-order valence-electron chi connectivity index (χ3n) is 2.61. The minimum atomic E-state index is -0.308. The van der Waals surface area contributed by atoms with E-state index in [1.165, 1.54) is 12.1 Å². The van der Waals surface area contributed by atoms with Crippen LogP contribution in [0.5, 0.6) is 11.5 Å². The van der Waals surface area contributed by atoms with Gasteiger partial charge < -0.3 is 10.1 Å². The van der Waals surface area contributed by atoms with Crippen LogP contribution in [0.25, 0.3) is 0 Å². The zero-order valence-electron chi connectivity index (χ0n) is 11.4. The second-order valence-corrected chi connectivity index (χ2v) is 5.60. The highest BCUT2D eigenvalue weighted by Gasteiger charge is 2.05. The lowest BCUT2D eigenvalue weighted by Crippen LogP contribution is -2.21. The first-order chi connectivity index (χ1) is 9.54. The molecule has 2 rings (SSSR count). The number of hydrogen-bond donors (Lipinski definition) is 1. The van der Waals surface area contributed by atoms with Crippen molar-refractivity contribution in [1.29, 1.82) is 0 Å². The molecule has 0 bridgehead atoms. The Kier molecular flexibility index (Phi) is 5.09. The van der Waals surface area contributed by atoms with Crippen molar-refractivity contribution in [2.45, 2.75) is 26.4 Å². The van der Waals surface area contributed by atoms with Crippen molar-refractivity contribution >= 4 is 15.9 Å². The Balaban J connectivity index is 2.11. The summed E-state index contributed by atoms with van der Waals surface area (Å²) in [5, 5.41) is 3.32. The minimum Gasteiger partial charge on any atom is -0.455 e. The molecular weight excluding hydrogens is 323 g/mol. The average molecular weight is 339 g/mol. The molecule has 0 aliphatic heterocycles. The number of hydrogen-bond acceptors (Lipinski definition) is 3. The topological polar surface area (TPSA) is 34.2 Å². The first-order valence-corrected chi connectivity index (χ1v) is 7.14. The highest BCUT2D eigenvalue weighted by atomic mass is 79.9. The van der Waals surface area contributed by atoms with Gasteiger partial charge in [-0.1, -0.05) is 13.8 Å². The van der Waals surface area contributed by atoms with Gasteiger partial charge >= 0.3 is 0 Å². The summed E-state index contributed by atoms with van der Waals surface area (Å²) in [5.74, 6) is 0.875. The average Bonchev–Trinajstić information content (AvgIpc) is 2.40. The summed E-state index contributed by atoms with van der Waals surface area (Å²) in [6.07, 6.45) is 3.43. The van der Waals surface area contributed by atoms with Gasteiger partial charge in [0.25, 0.3) is 0 Å². The van der Waals surface area contributed by atoms with E-state index in [0.717, 1.165) is 12.1 Å². The van der Waals surface area contributed by atoms with Gasteiger partial charge in [-0.15, -0.1) is 0 Å². The fraction of sp³-hybridized carbons (Fsp3) is 0.267. The van der Waals surface area contributed by atoms with Gasteiger partial charge in [-0.05, 0) is 45.8 Å². The molecular formula is C15H16BrFN2O. The number of pyridine rings is 1. The van der Waals surface area contributed by atoms with Gasteiger partial charge in [0.05, 0.1) is 10.7 Å². The van der Waals surface area contributed by atoms with E-state index >= 15 is 0 Å². The van der Waals surface area contributed by atoms with Crippen LogP contribution < -0.4 is 10.1 Å². The highest BCUT2D eigenvalue weighted by molar-refractivity contribution is 9.10. The molecule has 0 saturated carbocycles. The molecule has 106 valence electrons. The van der Waals surface area contributed by atoms with E-state index in [4.69, 9.17) is 4.74 Å². The standard InChI is InChI=1S/C15H16BrFN2O/c1-10(2)19-8-11-5-13(9-18-7-11)20-15-4-3-12(17)6-14(15)16/h3-7,9-10,19H,8H2,1-2H3. The van der Waals surface area contributed by atoms with E-state index in [1.54, 1.807) is 18.5 Å². The third-order valence-corrected chi connectivity index (χ3v) is 3.23. The molecule has 0 atom stereocenters. The molecule has 0 saturated heterocycles. The van der Waals surface area contributed by atoms with Crippen LogP contribution in [0.1, 0.15) is 19.4 Å². The number of aromatic nitrogens is 1. The Hall–Kier alpha value is -1.46. The van der Waals surface area contributed by atoms with E-state index in [9.17, 15) is 4.39 Å². The molecule has 2 aromatic rings. The van der Waals surface area contributed by atoms with E-state index in [2.05, 4.69) is 40.1 Å². The molecule has 5 heteroatoms. The molecule has 0 fully saturated rings. The second-order valence-electron chi connectivity index (χ2n) is 4.74. The molecule has 0 spiro atoms. The first kappa shape index (κ1) is 14.9. The molecule has 20 heavy (non-hydrogen) atoms. The van der Waals surface area contributed by atoms with Crippen LogP contribution in [0.3, 0.4) is 0 Å². The van der Waals surface area contributed by atoms with Gasteiger partial charge in [0.15, 0.2) is 0 Å². The molecule has 1 heterocycles. The Morgan fingerprint density at radius 3 is 2.80 bits per heavy atom. The monoisotopic (exact) mass is 338 g/mol. The summed E-state index contributed by atoms with van der Waals surface area (Å²) >= 11 is 3.28. The van der Waals surface area contributed by atoms with Gasteiger partial charge in [-0.3, -0.25) is 4.98 Å². The van der Waals surface area contributed by atoms with E-state index in [1.807, 2.05) is 6.07 Å². The van der Waals surface area contributed by atoms with Crippen molar-refractivity contribution in [1.82, 2.24) is 10.3 Å². The van der Waals surface area contributed by atoms with Crippen LogP contribution in [0.15, 0.2) is 41.1 Å². The lowest BCUT2D eigenvalue weighted by atomic mass is 10.2. The normalized spacial score (nSPS) is 10.8. The van der Waals surface area contributed by atoms with Crippen molar-refractivity contribution in [3.63, 3.8) is 0 Å². The molecule has 0 aliphatic rings. The molecule has 0 amide bonds. The van der Waals surface area contributed by atoms with Crippen molar-refractivity contribution in [3.05, 3.63) is 52.5 Å². The summed E-state index contributed by atoms with van der Waals surface area (Å²) in [6, 6.07) is 6.63. The summed E-state index contributed by atoms with van der Waals surface area (Å²) in [7, 11) is 0. The number of benzene rings is 1. The van der Waals surface area contributed by atoms with E-state index < -0.39 is 0 Å². The predicted octanol–water partition coefficient (Wildman–Crippen LogP) is 4.27. The Morgan fingerprint density at radius 1 is 1.30 bits per heavy atom. The van der Waals surface area contributed by atoms with Gasteiger partial charge in [0.2, 0.25) is 0 Å². The second kappa shape index (κ2) is 6.81. The predicted molar refractivity (Wildman–Crippen MR) is 80.4 cm³/mol. The lowest BCUT2D eigenvalue weighted by Gasteiger charge is -2.10. The number of halogens is 2. The number of nitrogens with one attached hydrogen (secondary N) is 1. The summed E-state index contributed by atoms with van der Waals surface area (Å²) < 4.78 is 19.3. The molecule has 0 aliphatic carbocycles. The Bertz CT molecular complexity index is 590. The van der Waals surface area contributed by atoms with Crippen LogP contribution in [0.4, 0.5) is 4.39 Å². The maximum atomic E-state index is 13.0. The highest BCUT2D eigenvalue weighted by Crippen LogP contribution is 2.30. The lowest BCUT2D eigenvalue weighted by molar-refractivity contribution is 0.473. The largest absolute Gasteiger partial charge is 0.455 e. The van der Waals surface area contributed by atoms with Crippen molar-refractivity contribution in [3.8, 4) is 11.5 Å². The molecule has 3 nitrogen and oxygen atoms in total. The zero-order valence-corrected chi connectivity index (χ0v) is 12.9. The van der Waals surface area contributed by atoms with Gasteiger partial charge in [0.1, 0.15) is 17.3 Å². The molecule has 1 N–H and O–H groups in total. The van der Waals surface area contributed by atoms with Crippen LogP contribution in [-0.4, -0.2) is 11.0 Å². The minimum absolute atomic E-state index is 0.308. The van der Waals surface area contributed by atoms with Gasteiger partial charge in [0, 0.05) is 18.8 Å². The number of ether oxygens (including phenoxy) is 1. The SMILES string of the molecule is CC(C)NCc1cncc(Oc2ccc(F)cc2Br)c1. The smallest absolute Gasteiger partial charge is 0.146 e. The number of nitrogens with zero attached hydrogens (tertiary/aromatic N) is 1. The molecule has 1 aromatic heterocycles. The van der Waals surface area contributed by atoms with Crippen molar-refractivity contribution < 1.29 is 9.13 Å². The quantitative estimate of drug-likeness (QED) is 0.883. The van der Waals surface area contributed by atoms with Crippen molar-refractivity contribution in [2.24, 2.45) is 0 Å². The Morgan fingerprint density at radius 2 is 2.10 bits per heavy atom. The van der Waals surface area contributed by atoms with Crippen LogP contribution in [0, 0.1) is 5.82 Å². The number of rotatable bonds is 5. The summed E-state index contributed by atoms with van der Waals surface area (Å²) in [6.45, 7) is 4.90. The molecule has 1 aromatic carbocycles. The summed E-state index contributed by atoms with van der Waals surface area (Å²) in [5.41, 5.74) is 1.04. The fourth-order valence-electron chi connectivity index (χ4n) is 1.62. The fourth-order valence-corrected chi connectivity index (χ4v) is 2.05. The first-order valence-electron chi connectivity index (χ1n) is 6.35. The van der Waals surface area contributed by atoms with Crippen molar-refractivity contribution in [2.75, 3.05) is 0 Å². The van der Waals surface area contributed by atoms with E-state index in [-0.39, 0.29) is 5.82 Å². The van der Waals surface area contributed by atoms with Gasteiger partial charge in [-0.25, -0.2) is 4.39 Å². The Labute approximate surface area is 126 Å². The van der Waals surface area contributed by atoms with E-state index in [0.29, 0.717) is 22.0 Å². The molecule has 0 radical (unpaired) electrons. The summed E-state index contributed by atoms with van der Waals surface area (Å²) in [4.78, 5) is 4.15. The molecule has 0 unspecified atom stereocenters. The maximum absolute atomic E-state index is 13.0. The van der Waals surface area contributed by atoms with Gasteiger partial charge in [-0.2, -0.15) is 0 Å². The third kappa shape index (κ3) is 4.28. The maximum Gasteiger partial charge on any atom is 0.146 e.